The number of nitrogens with zero attached hydrogens (tertiary/aromatic N) is 4. The van der Waals surface area contributed by atoms with E-state index in [1.807, 2.05) is 6.92 Å². The molecule has 0 unspecified atom stereocenters. The van der Waals surface area contributed by atoms with E-state index in [1.165, 1.54) is 6.07 Å². The van der Waals surface area contributed by atoms with Crippen LogP contribution >= 0.6 is 0 Å². The lowest BCUT2D eigenvalue weighted by Gasteiger charge is -2.07. The monoisotopic (exact) mass is 294 g/mol. The van der Waals surface area contributed by atoms with Crippen molar-refractivity contribution in [1.82, 2.24) is 15.0 Å². The molecule has 110 valence electrons. The first kappa shape index (κ1) is 14.6. The van der Waals surface area contributed by atoms with Gasteiger partial charge in [0, 0.05) is 6.07 Å². The van der Waals surface area contributed by atoms with Gasteiger partial charge in [-0.05, 0) is 12.5 Å². The lowest BCUT2D eigenvalue weighted by atomic mass is 10.2. The zero-order chi connectivity index (χ0) is 15.6. The van der Waals surface area contributed by atoms with E-state index < -0.39 is 22.4 Å². The normalized spacial score (nSPS) is 10.6. The summed E-state index contributed by atoms with van der Waals surface area (Å²) in [6, 6.07) is 3.05. The lowest BCUT2D eigenvalue weighted by molar-refractivity contribution is -0.385. The van der Waals surface area contributed by atoms with Crippen molar-refractivity contribution in [3.05, 3.63) is 45.5 Å². The summed E-state index contributed by atoms with van der Waals surface area (Å²) in [5.41, 5.74) is -0.483. The molecule has 0 saturated heterocycles. The molecule has 1 aromatic carbocycles. The van der Waals surface area contributed by atoms with E-state index in [1.54, 1.807) is 0 Å². The minimum absolute atomic E-state index is 0.0796. The van der Waals surface area contributed by atoms with Gasteiger partial charge in [0.05, 0.1) is 16.7 Å². The molecule has 1 heterocycles. The molecule has 0 aliphatic carbocycles. The third-order valence-electron chi connectivity index (χ3n) is 2.82. The average molecular weight is 294 g/mol. The second kappa shape index (κ2) is 5.65. The van der Waals surface area contributed by atoms with E-state index in [4.69, 9.17) is 5.11 Å². The maximum Gasteiger partial charge on any atom is 0.358 e. The van der Waals surface area contributed by atoms with Crippen molar-refractivity contribution in [2.24, 2.45) is 0 Å². The number of hydrogen-bond acceptors (Lipinski definition) is 5. The van der Waals surface area contributed by atoms with E-state index in [0.29, 0.717) is 12.8 Å². The standard InChI is InChI=1S/C12H11FN4O4/c1-2-3-10-11(12(18)19)14-15-16(10)9-5-4-7(17(20)21)6-8(9)13/h4-6H,2-3H2,1H3,(H,18,19). The van der Waals surface area contributed by atoms with Crippen LogP contribution in [0, 0.1) is 15.9 Å². The van der Waals surface area contributed by atoms with E-state index in [-0.39, 0.29) is 17.1 Å². The Morgan fingerprint density at radius 3 is 2.76 bits per heavy atom. The van der Waals surface area contributed by atoms with Crippen LogP contribution in [0.5, 0.6) is 0 Å². The molecule has 0 amide bonds. The highest BCUT2D eigenvalue weighted by atomic mass is 19.1. The van der Waals surface area contributed by atoms with Gasteiger partial charge in [0.2, 0.25) is 0 Å². The van der Waals surface area contributed by atoms with Gasteiger partial charge in [-0.3, -0.25) is 10.1 Å². The van der Waals surface area contributed by atoms with Crippen molar-refractivity contribution >= 4 is 11.7 Å². The van der Waals surface area contributed by atoms with Crippen molar-refractivity contribution in [3.8, 4) is 5.69 Å². The van der Waals surface area contributed by atoms with Crippen LogP contribution in [0.1, 0.15) is 29.5 Å². The number of carbonyl (C=O) groups is 1. The Morgan fingerprint density at radius 2 is 2.24 bits per heavy atom. The summed E-state index contributed by atoms with van der Waals surface area (Å²) in [5.74, 6) is -2.13. The van der Waals surface area contributed by atoms with Crippen LogP contribution in [0.25, 0.3) is 5.69 Å². The van der Waals surface area contributed by atoms with Gasteiger partial charge in [0.15, 0.2) is 11.5 Å². The smallest absolute Gasteiger partial charge is 0.358 e. The number of benzene rings is 1. The fourth-order valence-corrected chi connectivity index (χ4v) is 1.90. The summed E-state index contributed by atoms with van der Waals surface area (Å²) in [4.78, 5) is 20.9. The molecule has 9 heteroatoms. The van der Waals surface area contributed by atoms with Crippen LogP contribution in [-0.2, 0) is 6.42 Å². The van der Waals surface area contributed by atoms with Gasteiger partial charge in [-0.25, -0.2) is 13.9 Å². The topological polar surface area (TPSA) is 111 Å². The van der Waals surface area contributed by atoms with Crippen LogP contribution in [0.4, 0.5) is 10.1 Å². The number of nitro groups is 1. The first-order valence-electron chi connectivity index (χ1n) is 6.07. The molecule has 21 heavy (non-hydrogen) atoms. The predicted molar refractivity (Wildman–Crippen MR) is 68.9 cm³/mol. The van der Waals surface area contributed by atoms with Crippen molar-refractivity contribution < 1.29 is 19.2 Å². The van der Waals surface area contributed by atoms with Gasteiger partial charge < -0.3 is 5.11 Å². The van der Waals surface area contributed by atoms with Crippen LogP contribution in [0.2, 0.25) is 0 Å². The Hall–Kier alpha value is -2.84. The molecule has 0 bridgehead atoms. The number of halogens is 1. The molecular weight excluding hydrogens is 283 g/mol. The molecule has 1 N–H and O–H groups in total. The fraction of sp³-hybridized carbons (Fsp3) is 0.250. The first-order valence-corrected chi connectivity index (χ1v) is 6.07. The summed E-state index contributed by atoms with van der Waals surface area (Å²) in [7, 11) is 0. The SMILES string of the molecule is CCCc1c(C(=O)O)nnn1-c1ccc([N+](=O)[O-])cc1F. The highest BCUT2D eigenvalue weighted by Gasteiger charge is 2.21. The summed E-state index contributed by atoms with van der Waals surface area (Å²) in [5, 5.41) is 26.8. The van der Waals surface area contributed by atoms with E-state index >= 15 is 0 Å². The quantitative estimate of drug-likeness (QED) is 0.666. The van der Waals surface area contributed by atoms with E-state index in [0.717, 1.165) is 16.8 Å². The number of rotatable bonds is 5. The number of carboxylic acids is 1. The van der Waals surface area contributed by atoms with Gasteiger partial charge in [0.1, 0.15) is 5.69 Å². The number of nitro benzene ring substituents is 1. The maximum absolute atomic E-state index is 14.0. The highest BCUT2D eigenvalue weighted by molar-refractivity contribution is 5.86. The molecule has 0 aliphatic heterocycles. The molecule has 2 rings (SSSR count). The summed E-state index contributed by atoms with van der Waals surface area (Å²) in [6.45, 7) is 1.83. The zero-order valence-electron chi connectivity index (χ0n) is 11.0. The number of carboxylic acid groups (broad SMARTS) is 1. The second-order valence-corrected chi connectivity index (χ2v) is 4.24. The Morgan fingerprint density at radius 1 is 1.52 bits per heavy atom. The van der Waals surface area contributed by atoms with Crippen LogP contribution < -0.4 is 0 Å². The van der Waals surface area contributed by atoms with Gasteiger partial charge in [-0.1, -0.05) is 18.6 Å². The number of non-ortho nitro benzene ring substituents is 1. The van der Waals surface area contributed by atoms with E-state index in [9.17, 15) is 19.3 Å². The van der Waals surface area contributed by atoms with Gasteiger partial charge >= 0.3 is 5.97 Å². The van der Waals surface area contributed by atoms with Crippen LogP contribution in [0.15, 0.2) is 18.2 Å². The molecule has 1 aromatic heterocycles. The number of aromatic nitrogens is 3. The van der Waals surface area contributed by atoms with Crippen molar-refractivity contribution in [2.75, 3.05) is 0 Å². The van der Waals surface area contributed by atoms with Gasteiger partial charge in [-0.15, -0.1) is 5.10 Å². The zero-order valence-corrected chi connectivity index (χ0v) is 11.0. The Bertz CT molecular complexity index is 713. The highest BCUT2D eigenvalue weighted by Crippen LogP contribution is 2.22. The summed E-state index contributed by atoms with van der Waals surface area (Å²) >= 11 is 0. The van der Waals surface area contributed by atoms with Gasteiger partial charge in [0.25, 0.3) is 5.69 Å². The van der Waals surface area contributed by atoms with Gasteiger partial charge in [-0.2, -0.15) is 0 Å². The lowest BCUT2D eigenvalue weighted by Crippen LogP contribution is -2.08. The van der Waals surface area contributed by atoms with Crippen molar-refractivity contribution in [3.63, 3.8) is 0 Å². The predicted octanol–water partition coefficient (Wildman–Crippen LogP) is 1.97. The fourth-order valence-electron chi connectivity index (χ4n) is 1.90. The maximum atomic E-state index is 14.0. The van der Waals surface area contributed by atoms with E-state index in [2.05, 4.69) is 10.3 Å². The van der Waals surface area contributed by atoms with Crippen LogP contribution in [-0.4, -0.2) is 31.0 Å². The molecule has 0 fully saturated rings. The molecule has 8 nitrogen and oxygen atoms in total. The minimum Gasteiger partial charge on any atom is -0.476 e. The summed E-state index contributed by atoms with van der Waals surface area (Å²) < 4.78 is 15.0. The minimum atomic E-state index is -1.26. The molecule has 0 radical (unpaired) electrons. The Kier molecular flexibility index (Phi) is 3.92. The largest absolute Gasteiger partial charge is 0.476 e. The van der Waals surface area contributed by atoms with Crippen molar-refractivity contribution in [1.29, 1.82) is 0 Å². The molecule has 0 aliphatic rings. The van der Waals surface area contributed by atoms with Crippen molar-refractivity contribution in [2.45, 2.75) is 19.8 Å². The third-order valence-corrected chi connectivity index (χ3v) is 2.82. The number of aromatic carboxylic acids is 1. The number of hydrogen-bond donors (Lipinski definition) is 1. The molecule has 2 aromatic rings. The van der Waals surface area contributed by atoms with Crippen LogP contribution in [0.3, 0.4) is 0 Å². The molecule has 0 saturated carbocycles. The Labute approximate surface area is 118 Å². The first-order chi connectivity index (χ1) is 9.95. The molecule has 0 atom stereocenters. The second-order valence-electron chi connectivity index (χ2n) is 4.24. The molecule has 0 spiro atoms. The summed E-state index contributed by atoms with van der Waals surface area (Å²) in [6.07, 6.45) is 0.952. The molecular formula is C12H11FN4O4. The average Bonchev–Trinajstić information content (AvgIpc) is 2.82. The third kappa shape index (κ3) is 2.71. The Balaban J connectivity index is 2.56.